The molecule has 2 aliphatic rings. The van der Waals surface area contributed by atoms with E-state index >= 15 is 0 Å². The Morgan fingerprint density at radius 2 is 1.93 bits per heavy atom. The number of hydrogen-bond donors (Lipinski definition) is 1. The Kier molecular flexibility index (Phi) is 5.81. The molecular formula is C23H28N2O3. The molecule has 1 amide bonds. The molecule has 0 bridgehead atoms. The maximum atomic E-state index is 12.6. The van der Waals surface area contributed by atoms with E-state index in [1.807, 2.05) is 47.4 Å². The standard InChI is InChI=1S/C23H28N2O3/c1-27-21-9-5-8-19-14-17(16-28-22(19)21)15-24-20-10-12-25(13-11-20)23(26)18-6-3-2-4-7-18/h2-9,17,20,24H,10-16H2,1H3. The van der Waals surface area contributed by atoms with Crippen LogP contribution in [-0.2, 0) is 6.42 Å². The molecule has 4 rings (SSSR count). The fourth-order valence-corrected chi connectivity index (χ4v) is 4.13. The molecule has 1 unspecified atom stereocenters. The number of hydrogen-bond acceptors (Lipinski definition) is 4. The number of piperidine rings is 1. The molecule has 0 spiro atoms. The second kappa shape index (κ2) is 8.65. The first-order valence-corrected chi connectivity index (χ1v) is 10.1. The summed E-state index contributed by atoms with van der Waals surface area (Å²) in [5.41, 5.74) is 2.00. The largest absolute Gasteiger partial charge is 0.493 e. The van der Waals surface area contributed by atoms with Crippen molar-refractivity contribution in [3.63, 3.8) is 0 Å². The maximum Gasteiger partial charge on any atom is 0.253 e. The highest BCUT2D eigenvalue weighted by molar-refractivity contribution is 5.94. The minimum Gasteiger partial charge on any atom is -0.493 e. The molecule has 148 valence electrons. The van der Waals surface area contributed by atoms with Gasteiger partial charge in [0.15, 0.2) is 11.5 Å². The summed E-state index contributed by atoms with van der Waals surface area (Å²) in [6.07, 6.45) is 3.00. The first-order valence-electron chi connectivity index (χ1n) is 10.1. The lowest BCUT2D eigenvalue weighted by Gasteiger charge is -2.34. The molecule has 28 heavy (non-hydrogen) atoms. The number of para-hydroxylation sites is 1. The first-order chi connectivity index (χ1) is 13.7. The van der Waals surface area contributed by atoms with Crippen LogP contribution in [0.4, 0.5) is 0 Å². The number of nitrogens with zero attached hydrogens (tertiary/aromatic N) is 1. The summed E-state index contributed by atoms with van der Waals surface area (Å²) in [6, 6.07) is 16.1. The Hall–Kier alpha value is -2.53. The van der Waals surface area contributed by atoms with Crippen LogP contribution in [0.15, 0.2) is 48.5 Å². The number of amides is 1. The van der Waals surface area contributed by atoms with Gasteiger partial charge in [-0.2, -0.15) is 0 Å². The molecule has 2 heterocycles. The van der Waals surface area contributed by atoms with Gasteiger partial charge in [0.2, 0.25) is 0 Å². The van der Waals surface area contributed by atoms with Crippen molar-refractivity contribution in [1.82, 2.24) is 10.2 Å². The monoisotopic (exact) mass is 380 g/mol. The van der Waals surface area contributed by atoms with E-state index in [-0.39, 0.29) is 5.91 Å². The molecule has 0 aliphatic carbocycles. The molecule has 1 N–H and O–H groups in total. The fraction of sp³-hybridized carbons (Fsp3) is 0.435. The summed E-state index contributed by atoms with van der Waals surface area (Å²) in [7, 11) is 1.68. The number of benzene rings is 2. The van der Waals surface area contributed by atoms with Gasteiger partial charge in [-0.3, -0.25) is 4.79 Å². The fourth-order valence-electron chi connectivity index (χ4n) is 4.13. The topological polar surface area (TPSA) is 50.8 Å². The van der Waals surface area contributed by atoms with Gasteiger partial charge in [-0.15, -0.1) is 0 Å². The summed E-state index contributed by atoms with van der Waals surface area (Å²) in [5.74, 6) is 2.32. The van der Waals surface area contributed by atoms with Crippen molar-refractivity contribution in [3.05, 3.63) is 59.7 Å². The third-order valence-electron chi connectivity index (χ3n) is 5.75. The number of nitrogens with one attached hydrogen (secondary N) is 1. The van der Waals surface area contributed by atoms with Crippen molar-refractivity contribution in [1.29, 1.82) is 0 Å². The van der Waals surface area contributed by atoms with E-state index in [1.165, 1.54) is 5.56 Å². The van der Waals surface area contributed by atoms with Gasteiger partial charge in [0.25, 0.3) is 5.91 Å². The van der Waals surface area contributed by atoms with Crippen molar-refractivity contribution in [2.75, 3.05) is 33.4 Å². The molecular weight excluding hydrogens is 352 g/mol. The molecule has 2 aliphatic heterocycles. The summed E-state index contributed by atoms with van der Waals surface area (Å²) >= 11 is 0. The number of carbonyl (C=O) groups is 1. The second-order valence-electron chi connectivity index (χ2n) is 7.67. The molecule has 0 saturated carbocycles. The van der Waals surface area contributed by atoms with Crippen molar-refractivity contribution < 1.29 is 14.3 Å². The van der Waals surface area contributed by atoms with Gasteiger partial charge < -0.3 is 19.7 Å². The summed E-state index contributed by atoms with van der Waals surface area (Å²) < 4.78 is 11.4. The molecule has 1 atom stereocenters. The average molecular weight is 380 g/mol. The Labute approximate surface area is 166 Å². The van der Waals surface area contributed by atoms with Crippen molar-refractivity contribution >= 4 is 5.91 Å². The Morgan fingerprint density at radius 1 is 1.14 bits per heavy atom. The van der Waals surface area contributed by atoms with E-state index in [2.05, 4.69) is 11.4 Å². The van der Waals surface area contributed by atoms with Crippen LogP contribution in [0, 0.1) is 5.92 Å². The van der Waals surface area contributed by atoms with Gasteiger partial charge in [0, 0.05) is 37.2 Å². The quantitative estimate of drug-likeness (QED) is 0.866. The first kappa shape index (κ1) is 18.8. The third-order valence-corrected chi connectivity index (χ3v) is 5.75. The van der Waals surface area contributed by atoms with Gasteiger partial charge in [-0.1, -0.05) is 30.3 Å². The highest BCUT2D eigenvalue weighted by atomic mass is 16.5. The van der Waals surface area contributed by atoms with Gasteiger partial charge in [-0.05, 0) is 43.0 Å². The van der Waals surface area contributed by atoms with Gasteiger partial charge in [0.1, 0.15) is 0 Å². The summed E-state index contributed by atoms with van der Waals surface area (Å²) in [4.78, 5) is 14.5. The zero-order valence-electron chi connectivity index (χ0n) is 16.4. The SMILES string of the molecule is COc1cccc2c1OCC(CNC1CCN(C(=O)c3ccccc3)CC1)C2. The average Bonchev–Trinajstić information content (AvgIpc) is 2.77. The van der Waals surface area contributed by atoms with E-state index in [0.29, 0.717) is 18.6 Å². The van der Waals surface area contributed by atoms with Crippen LogP contribution in [0.1, 0.15) is 28.8 Å². The summed E-state index contributed by atoms with van der Waals surface area (Å²) in [6.45, 7) is 3.28. The van der Waals surface area contributed by atoms with Crippen molar-refractivity contribution in [3.8, 4) is 11.5 Å². The summed E-state index contributed by atoms with van der Waals surface area (Å²) in [5, 5.41) is 3.70. The van der Waals surface area contributed by atoms with Crippen molar-refractivity contribution in [2.24, 2.45) is 5.92 Å². The van der Waals surface area contributed by atoms with Gasteiger partial charge >= 0.3 is 0 Å². The van der Waals surface area contributed by atoms with Crippen LogP contribution in [0.3, 0.4) is 0 Å². The minimum absolute atomic E-state index is 0.144. The van der Waals surface area contributed by atoms with Crippen LogP contribution in [0.25, 0.3) is 0 Å². The smallest absolute Gasteiger partial charge is 0.253 e. The molecule has 1 fully saturated rings. The zero-order chi connectivity index (χ0) is 19.3. The maximum absolute atomic E-state index is 12.6. The van der Waals surface area contributed by atoms with E-state index in [9.17, 15) is 4.79 Å². The van der Waals surface area contributed by atoms with Crippen LogP contribution in [-0.4, -0.2) is 50.2 Å². The third kappa shape index (κ3) is 4.14. The molecule has 5 nitrogen and oxygen atoms in total. The molecule has 2 aromatic rings. The number of carbonyl (C=O) groups excluding carboxylic acids is 1. The minimum atomic E-state index is 0.144. The van der Waals surface area contributed by atoms with Crippen LogP contribution < -0.4 is 14.8 Å². The Morgan fingerprint density at radius 3 is 2.68 bits per heavy atom. The highest BCUT2D eigenvalue weighted by Gasteiger charge is 2.26. The lowest BCUT2D eigenvalue weighted by Crippen LogP contribution is -2.46. The van der Waals surface area contributed by atoms with Gasteiger partial charge in [0.05, 0.1) is 13.7 Å². The highest BCUT2D eigenvalue weighted by Crippen LogP contribution is 2.35. The molecule has 0 radical (unpaired) electrons. The molecule has 1 saturated heterocycles. The number of methoxy groups -OCH3 is 1. The normalized spacial score (nSPS) is 19.6. The molecule has 0 aromatic heterocycles. The van der Waals surface area contributed by atoms with E-state index in [4.69, 9.17) is 9.47 Å². The van der Waals surface area contributed by atoms with Crippen molar-refractivity contribution in [2.45, 2.75) is 25.3 Å². The predicted molar refractivity (Wildman–Crippen MR) is 109 cm³/mol. The number of rotatable bonds is 5. The van der Waals surface area contributed by atoms with Crippen LogP contribution in [0.2, 0.25) is 0 Å². The van der Waals surface area contributed by atoms with E-state index < -0.39 is 0 Å². The number of ether oxygens (including phenoxy) is 2. The second-order valence-corrected chi connectivity index (χ2v) is 7.67. The van der Waals surface area contributed by atoms with E-state index in [0.717, 1.165) is 56.0 Å². The predicted octanol–water partition coefficient (Wildman–Crippen LogP) is 3.14. The number of likely N-dealkylation sites (tertiary alicyclic amines) is 1. The lowest BCUT2D eigenvalue weighted by molar-refractivity contribution is 0.0702. The van der Waals surface area contributed by atoms with Gasteiger partial charge in [-0.25, -0.2) is 0 Å². The Balaban J connectivity index is 1.24. The molecule has 2 aromatic carbocycles. The number of fused-ring (bicyclic) bond motifs is 1. The zero-order valence-corrected chi connectivity index (χ0v) is 16.4. The lowest BCUT2D eigenvalue weighted by atomic mass is 9.95. The van der Waals surface area contributed by atoms with Crippen LogP contribution >= 0.6 is 0 Å². The van der Waals surface area contributed by atoms with E-state index in [1.54, 1.807) is 7.11 Å². The molecule has 5 heteroatoms. The van der Waals surface area contributed by atoms with Crippen LogP contribution in [0.5, 0.6) is 11.5 Å². The Bertz CT molecular complexity index is 801.